The molecule has 0 heterocycles. The summed E-state index contributed by atoms with van der Waals surface area (Å²) in [5.74, 6) is -0.979. The molecule has 0 aromatic heterocycles. The molecule has 14 heavy (non-hydrogen) atoms. The first-order valence-electron chi connectivity index (χ1n) is 4.56. The van der Waals surface area contributed by atoms with Crippen LogP contribution in [0.25, 0.3) is 0 Å². The van der Waals surface area contributed by atoms with Gasteiger partial charge in [0.1, 0.15) is 0 Å². The van der Waals surface area contributed by atoms with Gasteiger partial charge in [-0.1, -0.05) is 6.92 Å². The minimum absolute atomic E-state index is 0.00476. The molecular weight excluding hydrogens is 206 g/mol. The van der Waals surface area contributed by atoms with E-state index in [0.717, 1.165) is 0 Å². The highest BCUT2D eigenvalue weighted by atomic mass is 32.2. The minimum Gasteiger partial charge on any atom is -0.481 e. The first-order chi connectivity index (χ1) is 6.35. The van der Waals surface area contributed by atoms with Crippen molar-refractivity contribution in [2.24, 2.45) is 0 Å². The van der Waals surface area contributed by atoms with E-state index in [-0.39, 0.29) is 12.2 Å². The monoisotopic (exact) mass is 223 g/mol. The van der Waals surface area contributed by atoms with Gasteiger partial charge in [0, 0.05) is 12.6 Å². The third-order valence-electron chi connectivity index (χ3n) is 2.00. The van der Waals surface area contributed by atoms with Gasteiger partial charge in [-0.05, 0) is 13.8 Å². The average Bonchev–Trinajstić information content (AvgIpc) is 2.03. The lowest BCUT2D eigenvalue weighted by Crippen LogP contribution is -2.40. The maximum Gasteiger partial charge on any atom is 0.304 e. The van der Waals surface area contributed by atoms with Crippen LogP contribution in [-0.4, -0.2) is 42.1 Å². The van der Waals surface area contributed by atoms with Crippen LogP contribution in [0.2, 0.25) is 0 Å². The van der Waals surface area contributed by atoms with E-state index in [2.05, 4.69) is 0 Å². The van der Waals surface area contributed by atoms with E-state index in [1.54, 1.807) is 20.8 Å². The fourth-order valence-electron chi connectivity index (χ4n) is 1.30. The predicted molar refractivity (Wildman–Crippen MR) is 53.6 cm³/mol. The number of rotatable bonds is 6. The molecule has 1 N–H and O–H groups in total. The maximum absolute atomic E-state index is 11.5. The van der Waals surface area contributed by atoms with Crippen LogP contribution in [0.1, 0.15) is 27.2 Å². The molecule has 0 aliphatic heterocycles. The van der Waals surface area contributed by atoms with Crippen molar-refractivity contribution in [2.45, 2.75) is 33.2 Å². The molecule has 0 rings (SSSR count). The summed E-state index contributed by atoms with van der Waals surface area (Å²) in [5, 5.41) is 8.55. The van der Waals surface area contributed by atoms with Crippen molar-refractivity contribution >= 4 is 16.0 Å². The van der Waals surface area contributed by atoms with E-state index < -0.39 is 22.0 Å². The Kier molecular flexibility index (Phi) is 5.07. The Morgan fingerprint density at radius 2 is 1.93 bits per heavy atom. The first-order valence-corrected chi connectivity index (χ1v) is 6.17. The molecular formula is C8H17NO4S. The van der Waals surface area contributed by atoms with E-state index in [4.69, 9.17) is 5.11 Å². The van der Waals surface area contributed by atoms with Crippen molar-refractivity contribution in [3.8, 4) is 0 Å². The second-order valence-corrected chi connectivity index (χ2v) is 5.26. The van der Waals surface area contributed by atoms with Crippen molar-refractivity contribution in [3.63, 3.8) is 0 Å². The number of carbonyl (C=O) groups is 1. The van der Waals surface area contributed by atoms with Crippen LogP contribution in [0.15, 0.2) is 0 Å². The summed E-state index contributed by atoms with van der Waals surface area (Å²) in [6.07, 6.45) is -0.160. The molecule has 0 radical (unpaired) electrons. The number of aliphatic carboxylic acids is 1. The highest BCUT2D eigenvalue weighted by Gasteiger charge is 2.25. The Bertz CT molecular complexity index is 286. The molecule has 0 amide bonds. The average molecular weight is 223 g/mol. The van der Waals surface area contributed by atoms with Crippen molar-refractivity contribution in [1.29, 1.82) is 0 Å². The molecule has 0 aromatic rings. The van der Waals surface area contributed by atoms with Crippen molar-refractivity contribution in [3.05, 3.63) is 0 Å². The van der Waals surface area contributed by atoms with Crippen LogP contribution in [0.3, 0.4) is 0 Å². The smallest absolute Gasteiger partial charge is 0.304 e. The van der Waals surface area contributed by atoms with E-state index in [1.165, 1.54) is 4.31 Å². The molecule has 1 atom stereocenters. The minimum atomic E-state index is -3.29. The maximum atomic E-state index is 11.5. The molecule has 1 unspecified atom stereocenters. The zero-order chi connectivity index (χ0) is 11.4. The molecule has 0 bridgehead atoms. The SMILES string of the molecule is CCN(C(C)CC(=O)O)S(=O)(=O)CC. The Morgan fingerprint density at radius 1 is 1.43 bits per heavy atom. The van der Waals surface area contributed by atoms with E-state index >= 15 is 0 Å². The van der Waals surface area contributed by atoms with Crippen LogP contribution < -0.4 is 0 Å². The van der Waals surface area contributed by atoms with Gasteiger partial charge in [0.05, 0.1) is 12.2 Å². The second-order valence-electron chi connectivity index (χ2n) is 3.05. The molecule has 0 fully saturated rings. The van der Waals surface area contributed by atoms with Gasteiger partial charge in [0.2, 0.25) is 10.0 Å². The summed E-state index contributed by atoms with van der Waals surface area (Å²) >= 11 is 0. The van der Waals surface area contributed by atoms with Crippen LogP contribution in [-0.2, 0) is 14.8 Å². The summed E-state index contributed by atoms with van der Waals surface area (Å²) in [6.45, 7) is 5.16. The Hall–Kier alpha value is -0.620. The lowest BCUT2D eigenvalue weighted by Gasteiger charge is -2.25. The molecule has 0 aromatic carbocycles. The molecule has 0 saturated carbocycles. The molecule has 5 nitrogen and oxygen atoms in total. The molecule has 84 valence electrons. The highest BCUT2D eigenvalue weighted by Crippen LogP contribution is 2.10. The van der Waals surface area contributed by atoms with Gasteiger partial charge in [-0.15, -0.1) is 0 Å². The molecule has 0 spiro atoms. The summed E-state index contributed by atoms with van der Waals surface area (Å²) in [5.41, 5.74) is 0. The molecule has 0 aliphatic rings. The normalized spacial score (nSPS) is 14.3. The second kappa shape index (κ2) is 5.31. The van der Waals surface area contributed by atoms with E-state index in [0.29, 0.717) is 6.54 Å². The number of carboxylic acid groups (broad SMARTS) is 1. The standard InChI is InChI=1S/C8H17NO4S/c1-4-9(14(12,13)5-2)7(3)6-8(10)11/h7H,4-6H2,1-3H3,(H,10,11). The summed E-state index contributed by atoms with van der Waals surface area (Å²) in [4.78, 5) is 10.4. The van der Waals surface area contributed by atoms with Gasteiger partial charge in [0.25, 0.3) is 0 Å². The number of carboxylic acids is 1. The van der Waals surface area contributed by atoms with Crippen molar-refractivity contribution in [2.75, 3.05) is 12.3 Å². The van der Waals surface area contributed by atoms with Gasteiger partial charge in [-0.3, -0.25) is 4.79 Å². The number of hydrogen-bond acceptors (Lipinski definition) is 3. The van der Waals surface area contributed by atoms with Gasteiger partial charge in [-0.25, -0.2) is 8.42 Å². The zero-order valence-corrected chi connectivity index (χ0v) is 9.54. The highest BCUT2D eigenvalue weighted by molar-refractivity contribution is 7.89. The van der Waals surface area contributed by atoms with E-state index in [1.807, 2.05) is 0 Å². The van der Waals surface area contributed by atoms with Gasteiger partial charge < -0.3 is 5.11 Å². The summed E-state index contributed by atoms with van der Waals surface area (Å²) in [6, 6.07) is -0.484. The van der Waals surface area contributed by atoms with Crippen LogP contribution in [0, 0.1) is 0 Å². The summed E-state index contributed by atoms with van der Waals surface area (Å²) in [7, 11) is -3.29. The Labute approximate surface area is 84.8 Å². The van der Waals surface area contributed by atoms with Crippen LogP contribution >= 0.6 is 0 Å². The number of nitrogens with zero attached hydrogens (tertiary/aromatic N) is 1. The van der Waals surface area contributed by atoms with Crippen LogP contribution in [0.5, 0.6) is 0 Å². The topological polar surface area (TPSA) is 74.7 Å². The van der Waals surface area contributed by atoms with Crippen molar-refractivity contribution in [1.82, 2.24) is 4.31 Å². The lowest BCUT2D eigenvalue weighted by atomic mass is 10.2. The fraction of sp³-hybridized carbons (Fsp3) is 0.875. The predicted octanol–water partition coefficient (Wildman–Crippen LogP) is 0.521. The number of sulfonamides is 1. The Balaban J connectivity index is 4.65. The largest absolute Gasteiger partial charge is 0.481 e. The summed E-state index contributed by atoms with van der Waals surface area (Å²) < 4.78 is 24.2. The molecule has 6 heteroatoms. The number of hydrogen-bond donors (Lipinski definition) is 1. The zero-order valence-electron chi connectivity index (χ0n) is 8.73. The first kappa shape index (κ1) is 13.4. The quantitative estimate of drug-likeness (QED) is 0.712. The van der Waals surface area contributed by atoms with Crippen molar-refractivity contribution < 1.29 is 18.3 Å². The van der Waals surface area contributed by atoms with Gasteiger partial charge >= 0.3 is 5.97 Å². The molecule has 0 aliphatic carbocycles. The third-order valence-corrected chi connectivity index (χ3v) is 4.06. The van der Waals surface area contributed by atoms with Gasteiger partial charge in [-0.2, -0.15) is 4.31 Å². The lowest BCUT2D eigenvalue weighted by molar-refractivity contribution is -0.137. The molecule has 0 saturated heterocycles. The third kappa shape index (κ3) is 3.63. The van der Waals surface area contributed by atoms with E-state index in [9.17, 15) is 13.2 Å². The Morgan fingerprint density at radius 3 is 2.21 bits per heavy atom. The van der Waals surface area contributed by atoms with Crippen LogP contribution in [0.4, 0.5) is 0 Å². The fourth-order valence-corrected chi connectivity index (χ4v) is 2.65. The van der Waals surface area contributed by atoms with Gasteiger partial charge in [0.15, 0.2) is 0 Å².